The van der Waals surface area contributed by atoms with Crippen molar-refractivity contribution < 1.29 is 47.6 Å². The maximum absolute atomic E-state index is 11.1. The lowest BCUT2D eigenvalue weighted by atomic mass is 9.65. The first kappa shape index (κ1) is 28.4. The molecule has 0 amide bonds. The molecule has 0 aromatic rings. The maximum atomic E-state index is 11.1. The van der Waals surface area contributed by atoms with Crippen molar-refractivity contribution >= 4 is 23.9 Å². The van der Waals surface area contributed by atoms with Crippen LogP contribution in [0.2, 0.25) is 0 Å². The third-order valence-electron chi connectivity index (χ3n) is 7.83. The molecule has 2 aliphatic heterocycles. The van der Waals surface area contributed by atoms with Crippen molar-refractivity contribution in [2.45, 2.75) is 117 Å². The molecule has 10 nitrogen and oxygen atoms in total. The number of hydrogen-bond donors (Lipinski definition) is 0. The number of hydrogen-bond acceptors (Lipinski definition) is 10. The first-order chi connectivity index (χ1) is 16.7. The molecule has 2 spiro atoms. The summed E-state index contributed by atoms with van der Waals surface area (Å²) in [4.78, 5) is 44.4. The molecule has 0 N–H and O–H groups in total. The summed E-state index contributed by atoms with van der Waals surface area (Å²) < 4.78 is 32.5. The normalized spacial score (nSPS) is 42.4. The van der Waals surface area contributed by atoms with Crippen LogP contribution in [0.15, 0.2) is 0 Å². The molecule has 2 saturated heterocycles. The van der Waals surface area contributed by atoms with Gasteiger partial charge in [0.25, 0.3) is 0 Å². The summed E-state index contributed by atoms with van der Waals surface area (Å²) in [5.41, 5.74) is -0.584. The van der Waals surface area contributed by atoms with Gasteiger partial charge in [-0.3, -0.25) is 19.2 Å². The Bertz CT molecular complexity index is 787. The molecule has 4 rings (SSSR count). The smallest absolute Gasteiger partial charge is 0.305 e. The van der Waals surface area contributed by atoms with E-state index in [9.17, 15) is 19.2 Å². The predicted octanol–water partition coefficient (Wildman–Crippen LogP) is 3.28. The van der Waals surface area contributed by atoms with Crippen LogP contribution in [0.4, 0.5) is 0 Å². The van der Waals surface area contributed by atoms with E-state index in [-0.39, 0.29) is 35.0 Å². The summed E-state index contributed by atoms with van der Waals surface area (Å²) in [5.74, 6) is -0.316. The summed E-state index contributed by atoms with van der Waals surface area (Å²) >= 11 is 0. The van der Waals surface area contributed by atoms with Crippen molar-refractivity contribution in [1.82, 2.24) is 0 Å². The summed E-state index contributed by atoms with van der Waals surface area (Å²) in [6, 6.07) is 0. The van der Waals surface area contributed by atoms with Gasteiger partial charge in [0.05, 0.1) is 11.2 Å². The third kappa shape index (κ3) is 5.85. The molecule has 0 unspecified atom stereocenters. The zero-order valence-electron chi connectivity index (χ0n) is 22.5. The van der Waals surface area contributed by atoms with Crippen molar-refractivity contribution in [2.75, 3.05) is 0 Å². The molecule has 4 fully saturated rings. The van der Waals surface area contributed by atoms with Crippen molar-refractivity contribution in [1.29, 1.82) is 0 Å². The summed E-state index contributed by atoms with van der Waals surface area (Å²) in [6.45, 7) is 13.6. The van der Waals surface area contributed by atoms with Crippen LogP contribution in [-0.2, 0) is 47.6 Å². The van der Waals surface area contributed by atoms with Gasteiger partial charge in [0.15, 0.2) is 12.2 Å². The highest BCUT2D eigenvalue weighted by molar-refractivity contribution is 5.68. The summed E-state index contributed by atoms with van der Waals surface area (Å²) in [7, 11) is 0. The largest absolute Gasteiger partial charge is 0.455 e. The predicted molar refractivity (Wildman–Crippen MR) is 125 cm³/mol. The molecule has 36 heavy (non-hydrogen) atoms. The molecule has 0 bridgehead atoms. The molecule has 2 aliphatic carbocycles. The van der Waals surface area contributed by atoms with E-state index in [1.807, 2.05) is 13.8 Å². The molecular formula is C26H40O10. The van der Waals surface area contributed by atoms with E-state index in [0.29, 0.717) is 11.8 Å². The van der Waals surface area contributed by atoms with Crippen LogP contribution in [0.25, 0.3) is 0 Å². The molecular weight excluding hydrogens is 472 g/mol. The Balaban J connectivity index is 0.000000201. The molecule has 0 aromatic carbocycles. The van der Waals surface area contributed by atoms with E-state index in [2.05, 4.69) is 13.8 Å². The maximum Gasteiger partial charge on any atom is 0.305 e. The van der Waals surface area contributed by atoms with Gasteiger partial charge < -0.3 is 28.4 Å². The van der Waals surface area contributed by atoms with Gasteiger partial charge in [-0.15, -0.1) is 0 Å². The molecule has 0 aromatic heterocycles. The van der Waals surface area contributed by atoms with Crippen LogP contribution in [0.1, 0.15) is 81.1 Å². The van der Waals surface area contributed by atoms with Crippen molar-refractivity contribution in [2.24, 2.45) is 23.7 Å². The number of carbonyl (C=O) groups excluding carboxylic acids is 4. The zero-order chi connectivity index (χ0) is 27.0. The van der Waals surface area contributed by atoms with E-state index in [1.54, 1.807) is 0 Å². The fraction of sp³-hybridized carbons (Fsp3) is 0.846. The Morgan fingerprint density at radius 3 is 1.06 bits per heavy atom. The minimum atomic E-state index is -0.770. The fourth-order valence-electron chi connectivity index (χ4n) is 6.27. The van der Waals surface area contributed by atoms with Crippen molar-refractivity contribution in [3.05, 3.63) is 0 Å². The van der Waals surface area contributed by atoms with Crippen LogP contribution >= 0.6 is 0 Å². The molecule has 204 valence electrons. The first-order valence-corrected chi connectivity index (χ1v) is 12.7. The van der Waals surface area contributed by atoms with Gasteiger partial charge >= 0.3 is 23.9 Å². The Morgan fingerprint density at radius 1 is 0.556 bits per heavy atom. The first-order valence-electron chi connectivity index (χ1n) is 12.7. The Morgan fingerprint density at radius 2 is 0.833 bits per heavy atom. The SMILES string of the molecule is CC(=O)O[C@@H]1OC2(CC(C)C2)[C@@H](C)[C@H]1OC(C)=O.CC(=O)O[C@H]1OC2(CC(C)C2)[C@@H](C)[C@H]1OC(C)=O. The molecule has 2 saturated carbocycles. The highest BCUT2D eigenvalue weighted by Gasteiger charge is 2.61. The topological polar surface area (TPSA) is 124 Å². The minimum Gasteiger partial charge on any atom is -0.455 e. The molecule has 6 atom stereocenters. The fourth-order valence-corrected chi connectivity index (χ4v) is 6.27. The molecule has 2 heterocycles. The second-order valence-corrected chi connectivity index (χ2v) is 11.1. The van der Waals surface area contributed by atoms with E-state index >= 15 is 0 Å². The van der Waals surface area contributed by atoms with Crippen LogP contribution in [0.3, 0.4) is 0 Å². The Labute approximate surface area is 212 Å². The standard InChI is InChI=1S/2C13H20O5/c2*1-7-5-13(6-7)8(2)11(16-9(3)14)12(18-13)17-10(4)15/h2*7-8,11-12H,5-6H2,1-4H3/t7?,8-,11+,12+,13?;7?,8-,11+,12-,13?/m00/s1. The molecule has 0 radical (unpaired) electrons. The van der Waals surface area contributed by atoms with Gasteiger partial charge in [0.1, 0.15) is 0 Å². The number of esters is 4. The molecule has 10 heteroatoms. The van der Waals surface area contributed by atoms with Gasteiger partial charge in [-0.05, 0) is 37.5 Å². The quantitative estimate of drug-likeness (QED) is 0.409. The van der Waals surface area contributed by atoms with Gasteiger partial charge in [0.2, 0.25) is 12.6 Å². The Hall–Kier alpha value is -2.20. The van der Waals surface area contributed by atoms with Gasteiger partial charge in [-0.1, -0.05) is 27.7 Å². The number of rotatable bonds is 4. The third-order valence-corrected chi connectivity index (χ3v) is 7.83. The van der Waals surface area contributed by atoms with E-state index in [1.165, 1.54) is 27.7 Å². The van der Waals surface area contributed by atoms with Gasteiger partial charge in [-0.25, -0.2) is 0 Å². The Kier molecular flexibility index (Phi) is 8.40. The van der Waals surface area contributed by atoms with E-state index in [0.717, 1.165) is 25.7 Å². The molecule has 4 aliphatic rings. The lowest BCUT2D eigenvalue weighted by Crippen LogP contribution is -2.48. The lowest BCUT2D eigenvalue weighted by molar-refractivity contribution is -0.220. The van der Waals surface area contributed by atoms with Crippen LogP contribution in [0, 0.1) is 23.7 Å². The van der Waals surface area contributed by atoms with Gasteiger partial charge in [0, 0.05) is 39.5 Å². The average Bonchev–Trinajstić information content (AvgIpc) is 3.08. The average molecular weight is 513 g/mol. The second-order valence-electron chi connectivity index (χ2n) is 11.1. The number of ether oxygens (including phenoxy) is 6. The monoisotopic (exact) mass is 512 g/mol. The van der Waals surface area contributed by atoms with Crippen molar-refractivity contribution in [3.63, 3.8) is 0 Å². The number of carbonyl (C=O) groups is 4. The zero-order valence-corrected chi connectivity index (χ0v) is 22.5. The van der Waals surface area contributed by atoms with Crippen LogP contribution in [0.5, 0.6) is 0 Å². The highest BCUT2D eigenvalue weighted by Crippen LogP contribution is 2.54. The highest BCUT2D eigenvalue weighted by atomic mass is 16.7. The summed E-state index contributed by atoms with van der Waals surface area (Å²) in [6.07, 6.45) is 1.14. The van der Waals surface area contributed by atoms with E-state index < -0.39 is 36.7 Å². The van der Waals surface area contributed by atoms with Crippen LogP contribution < -0.4 is 0 Å². The second kappa shape index (κ2) is 10.7. The van der Waals surface area contributed by atoms with Gasteiger partial charge in [-0.2, -0.15) is 0 Å². The lowest BCUT2D eigenvalue weighted by Gasteiger charge is -2.45. The summed E-state index contributed by atoms with van der Waals surface area (Å²) in [5, 5.41) is 0. The van der Waals surface area contributed by atoms with Crippen LogP contribution in [-0.4, -0.2) is 59.9 Å². The minimum absolute atomic E-state index is 0.0435. The van der Waals surface area contributed by atoms with Crippen molar-refractivity contribution in [3.8, 4) is 0 Å². The van der Waals surface area contributed by atoms with E-state index in [4.69, 9.17) is 28.4 Å².